The second-order valence-electron chi connectivity index (χ2n) is 5.35. The van der Waals surface area contributed by atoms with Crippen LogP contribution in [0.15, 0.2) is 48.5 Å². The lowest BCUT2D eigenvalue weighted by molar-refractivity contribution is -0.385. The van der Waals surface area contributed by atoms with Gasteiger partial charge in [0.05, 0.1) is 9.85 Å². The molecule has 2 unspecified atom stereocenters. The first kappa shape index (κ1) is 16.7. The third-order valence-electron chi connectivity index (χ3n) is 3.71. The quantitative estimate of drug-likeness (QED) is 0.432. The molecule has 0 radical (unpaired) electrons. The molecule has 128 valence electrons. The number of rotatable bonds is 4. The van der Waals surface area contributed by atoms with Gasteiger partial charge in [-0.2, -0.15) is 0 Å². The van der Waals surface area contributed by atoms with E-state index in [0.29, 0.717) is 16.2 Å². The maximum absolute atomic E-state index is 11.0. The maximum Gasteiger partial charge on any atom is 0.269 e. The molecule has 25 heavy (non-hydrogen) atoms. The first-order chi connectivity index (χ1) is 11.9. The Kier molecular flexibility index (Phi) is 4.55. The molecule has 0 aliphatic carbocycles. The monoisotopic (exact) mass is 359 g/mol. The first-order valence-electron chi connectivity index (χ1n) is 7.26. The molecule has 0 amide bonds. The topological polar surface area (TPSA) is 122 Å². The lowest BCUT2D eigenvalue weighted by atomic mass is 10.1. The van der Waals surface area contributed by atoms with Crippen molar-refractivity contribution >= 4 is 28.7 Å². The number of nitrogens with one attached hydrogen (secondary N) is 3. The van der Waals surface area contributed by atoms with Crippen LogP contribution in [0.5, 0.6) is 0 Å². The molecule has 2 aromatic carbocycles. The van der Waals surface area contributed by atoms with Crippen LogP contribution in [0.3, 0.4) is 0 Å². The van der Waals surface area contributed by atoms with Gasteiger partial charge in [-0.1, -0.05) is 24.3 Å². The Bertz CT molecular complexity index is 792. The van der Waals surface area contributed by atoms with E-state index in [0.717, 1.165) is 0 Å². The molecular weight excluding hydrogens is 346 g/mol. The van der Waals surface area contributed by atoms with Crippen molar-refractivity contribution in [1.29, 1.82) is 0 Å². The summed E-state index contributed by atoms with van der Waals surface area (Å²) < 4.78 is 0. The number of nitro benzene ring substituents is 2. The van der Waals surface area contributed by atoms with Crippen LogP contribution in [0, 0.1) is 20.2 Å². The number of non-ortho nitro benzene ring substituents is 2. The highest BCUT2D eigenvalue weighted by molar-refractivity contribution is 7.80. The zero-order valence-corrected chi connectivity index (χ0v) is 13.5. The Balaban J connectivity index is 1.88. The average Bonchev–Trinajstić information content (AvgIpc) is 2.61. The molecule has 1 saturated heterocycles. The fraction of sp³-hybridized carbons (Fsp3) is 0.133. The smallest absolute Gasteiger partial charge is 0.269 e. The van der Waals surface area contributed by atoms with Gasteiger partial charge in [-0.05, 0) is 23.3 Å². The Hall–Kier alpha value is -3.11. The zero-order chi connectivity index (χ0) is 18.0. The number of hydrogen-bond acceptors (Lipinski definition) is 6. The number of benzene rings is 2. The van der Waals surface area contributed by atoms with Crippen LogP contribution < -0.4 is 16.0 Å². The van der Waals surface area contributed by atoms with Gasteiger partial charge in [-0.3, -0.25) is 25.5 Å². The van der Waals surface area contributed by atoms with Crippen molar-refractivity contribution < 1.29 is 9.85 Å². The van der Waals surface area contributed by atoms with Gasteiger partial charge in [0.2, 0.25) is 0 Å². The van der Waals surface area contributed by atoms with E-state index in [9.17, 15) is 20.2 Å². The molecule has 1 fully saturated rings. The number of nitro groups is 2. The molecule has 2 aromatic rings. The number of nitrogens with zero attached hydrogens (tertiary/aromatic N) is 2. The van der Waals surface area contributed by atoms with E-state index in [-0.39, 0.29) is 11.4 Å². The molecule has 0 bridgehead atoms. The van der Waals surface area contributed by atoms with E-state index >= 15 is 0 Å². The second kappa shape index (κ2) is 6.79. The van der Waals surface area contributed by atoms with E-state index in [2.05, 4.69) is 16.0 Å². The minimum Gasteiger partial charge on any atom is -0.343 e. The third-order valence-corrected chi connectivity index (χ3v) is 3.95. The summed E-state index contributed by atoms with van der Waals surface area (Å²) in [5, 5.41) is 31.4. The predicted octanol–water partition coefficient (Wildman–Crippen LogP) is 2.27. The SMILES string of the molecule is O=[N+]([O-])c1cccc(C2NC(=S)NC(c3cccc([N+](=O)[O-])c3)N2)c1. The van der Waals surface area contributed by atoms with E-state index in [1.54, 1.807) is 24.3 Å². The molecular formula is C15H13N5O4S. The van der Waals surface area contributed by atoms with E-state index in [4.69, 9.17) is 12.2 Å². The summed E-state index contributed by atoms with van der Waals surface area (Å²) in [7, 11) is 0. The highest BCUT2D eigenvalue weighted by Crippen LogP contribution is 2.24. The van der Waals surface area contributed by atoms with Crippen molar-refractivity contribution in [3.05, 3.63) is 79.9 Å². The highest BCUT2D eigenvalue weighted by atomic mass is 32.1. The molecule has 1 aliphatic heterocycles. The van der Waals surface area contributed by atoms with Crippen LogP contribution >= 0.6 is 12.2 Å². The molecule has 1 aliphatic rings. The van der Waals surface area contributed by atoms with Gasteiger partial charge in [-0.25, -0.2) is 0 Å². The minimum atomic E-state index is -0.474. The van der Waals surface area contributed by atoms with E-state index < -0.39 is 22.2 Å². The van der Waals surface area contributed by atoms with Crippen LogP contribution in [0.2, 0.25) is 0 Å². The summed E-state index contributed by atoms with van der Waals surface area (Å²) in [6, 6.07) is 12.3. The number of thiocarbonyl (C=S) groups is 1. The van der Waals surface area contributed by atoms with Gasteiger partial charge in [-0.15, -0.1) is 0 Å². The summed E-state index contributed by atoms with van der Waals surface area (Å²) in [5.74, 6) is 0. The summed E-state index contributed by atoms with van der Waals surface area (Å²) >= 11 is 5.20. The van der Waals surface area contributed by atoms with Crippen molar-refractivity contribution in [2.45, 2.75) is 12.3 Å². The van der Waals surface area contributed by atoms with E-state index in [1.807, 2.05) is 0 Å². The van der Waals surface area contributed by atoms with Crippen LogP contribution in [0.1, 0.15) is 23.5 Å². The fourth-order valence-corrected chi connectivity index (χ4v) is 2.78. The van der Waals surface area contributed by atoms with Crippen LogP contribution in [-0.2, 0) is 0 Å². The Labute approximate surface area is 147 Å². The molecule has 0 aromatic heterocycles. The van der Waals surface area contributed by atoms with Gasteiger partial charge in [0.15, 0.2) is 5.11 Å². The van der Waals surface area contributed by atoms with Gasteiger partial charge in [0, 0.05) is 24.3 Å². The summed E-state index contributed by atoms with van der Waals surface area (Å²) in [4.78, 5) is 21.0. The average molecular weight is 359 g/mol. The van der Waals surface area contributed by atoms with Crippen LogP contribution in [0.25, 0.3) is 0 Å². The minimum absolute atomic E-state index is 0.0301. The van der Waals surface area contributed by atoms with Crippen molar-refractivity contribution in [2.75, 3.05) is 0 Å². The molecule has 0 saturated carbocycles. The van der Waals surface area contributed by atoms with E-state index in [1.165, 1.54) is 24.3 Å². The predicted molar refractivity (Wildman–Crippen MR) is 93.7 cm³/mol. The van der Waals surface area contributed by atoms with Gasteiger partial charge in [0.1, 0.15) is 12.3 Å². The highest BCUT2D eigenvalue weighted by Gasteiger charge is 2.26. The number of hydrogen-bond donors (Lipinski definition) is 3. The van der Waals surface area contributed by atoms with Crippen LogP contribution in [0.4, 0.5) is 11.4 Å². The van der Waals surface area contributed by atoms with Gasteiger partial charge >= 0.3 is 0 Å². The lowest BCUT2D eigenvalue weighted by Crippen LogP contribution is -2.55. The lowest BCUT2D eigenvalue weighted by Gasteiger charge is -2.35. The molecule has 2 atom stereocenters. The molecule has 3 N–H and O–H groups in total. The third kappa shape index (κ3) is 3.70. The molecule has 10 heteroatoms. The maximum atomic E-state index is 11.0. The van der Waals surface area contributed by atoms with Gasteiger partial charge < -0.3 is 10.6 Å². The van der Waals surface area contributed by atoms with Gasteiger partial charge in [0.25, 0.3) is 11.4 Å². The second-order valence-corrected chi connectivity index (χ2v) is 5.76. The zero-order valence-electron chi connectivity index (χ0n) is 12.7. The van der Waals surface area contributed by atoms with Crippen molar-refractivity contribution in [3.63, 3.8) is 0 Å². The molecule has 9 nitrogen and oxygen atoms in total. The molecule has 3 rings (SSSR count). The molecule has 0 spiro atoms. The molecule has 1 heterocycles. The first-order valence-corrected chi connectivity index (χ1v) is 7.66. The van der Waals surface area contributed by atoms with Crippen molar-refractivity contribution in [1.82, 2.24) is 16.0 Å². The summed E-state index contributed by atoms with van der Waals surface area (Å²) in [6.07, 6.45) is -0.948. The summed E-state index contributed by atoms with van der Waals surface area (Å²) in [6.45, 7) is 0. The Morgan fingerprint density at radius 3 is 1.68 bits per heavy atom. The standard InChI is InChI=1S/C15H13N5O4S/c21-19(22)11-5-1-3-9(7-11)13-16-14(18-15(25)17-13)10-4-2-6-12(8-10)20(23)24/h1-8,13-14,16H,(H2,17,18,25). The van der Waals surface area contributed by atoms with Crippen LogP contribution in [-0.4, -0.2) is 15.0 Å². The summed E-state index contributed by atoms with van der Waals surface area (Å²) in [5.41, 5.74) is 1.21. The van der Waals surface area contributed by atoms with Crippen molar-refractivity contribution in [3.8, 4) is 0 Å². The van der Waals surface area contributed by atoms with Crippen molar-refractivity contribution in [2.24, 2.45) is 0 Å². The normalized spacial score (nSPS) is 19.6. The fourth-order valence-electron chi connectivity index (χ4n) is 2.55. The Morgan fingerprint density at radius 2 is 1.28 bits per heavy atom. The largest absolute Gasteiger partial charge is 0.343 e. The Morgan fingerprint density at radius 1 is 0.840 bits per heavy atom.